The Morgan fingerprint density at radius 1 is 0.681 bits per heavy atom. The molecule has 4 saturated carbocycles. The van der Waals surface area contributed by atoms with Crippen molar-refractivity contribution in [3.63, 3.8) is 0 Å². The van der Waals surface area contributed by atoms with Gasteiger partial charge in [0.2, 0.25) is 0 Å². The number of hydrogen-bond donors (Lipinski definition) is 13. The molecule has 0 aromatic rings. The van der Waals surface area contributed by atoms with E-state index in [0.717, 1.165) is 19.3 Å². The molecule has 5 aliphatic heterocycles. The molecular weight excluding hydrogens is 957 g/mol. The highest BCUT2D eigenvalue weighted by molar-refractivity contribution is 5.83. The Morgan fingerprint density at radius 3 is 2.00 bits per heavy atom. The van der Waals surface area contributed by atoms with Gasteiger partial charge >= 0.3 is 0 Å². The SMILES string of the molecule is CC(CCC1(O)OC2CC3C4CC(=O)C5CC(OC6OC(COC7OCC(O)C(O)C7O)C(OC7OCC(O)C(O)C7O)C(O)C6O)CCC5(C)C4CCC3(C)C2C1C)COC1OC(CO)C(O)C(O)C1O. The molecule has 23 heteroatoms. The first-order valence-electron chi connectivity index (χ1n) is 26.1. The molecule has 72 heavy (non-hydrogen) atoms. The number of ether oxygens (including phenoxy) is 9. The van der Waals surface area contributed by atoms with Gasteiger partial charge in [-0.3, -0.25) is 4.79 Å². The van der Waals surface area contributed by atoms with Crippen LogP contribution < -0.4 is 0 Å². The highest BCUT2D eigenvalue weighted by Crippen LogP contribution is 2.70. The molecule has 13 N–H and O–H groups in total. The molecule has 30 unspecified atom stereocenters. The lowest BCUT2D eigenvalue weighted by Crippen LogP contribution is -2.64. The summed E-state index contributed by atoms with van der Waals surface area (Å²) in [4.78, 5) is 14.5. The predicted molar refractivity (Wildman–Crippen MR) is 240 cm³/mol. The molecule has 0 aromatic heterocycles. The number of aliphatic hydroxyl groups is 13. The Morgan fingerprint density at radius 2 is 1.31 bits per heavy atom. The molecular formula is C49H80O23. The molecule has 9 aliphatic rings. The molecule has 5 heterocycles. The van der Waals surface area contributed by atoms with Crippen LogP contribution in [-0.2, 0) is 47.4 Å². The van der Waals surface area contributed by atoms with Gasteiger partial charge in [0.15, 0.2) is 30.9 Å². The average Bonchev–Trinajstić information content (AvgIpc) is 3.79. The van der Waals surface area contributed by atoms with Gasteiger partial charge in [0.1, 0.15) is 91.2 Å². The van der Waals surface area contributed by atoms with E-state index in [9.17, 15) is 71.2 Å². The summed E-state index contributed by atoms with van der Waals surface area (Å²) < 4.78 is 53.0. The van der Waals surface area contributed by atoms with Crippen LogP contribution in [0.1, 0.15) is 85.5 Å². The highest BCUT2D eigenvalue weighted by atomic mass is 16.8. The van der Waals surface area contributed by atoms with Crippen LogP contribution >= 0.6 is 0 Å². The molecule has 9 rings (SSSR count). The maximum Gasteiger partial charge on any atom is 0.186 e. The summed E-state index contributed by atoms with van der Waals surface area (Å²) in [5, 5.41) is 137. The molecule has 9 fully saturated rings. The van der Waals surface area contributed by atoms with E-state index in [1.54, 1.807) is 0 Å². The van der Waals surface area contributed by atoms with Crippen LogP contribution in [0.4, 0.5) is 0 Å². The molecule has 0 bridgehead atoms. The van der Waals surface area contributed by atoms with E-state index < -0.39 is 142 Å². The molecule has 4 aliphatic carbocycles. The van der Waals surface area contributed by atoms with Gasteiger partial charge < -0.3 is 109 Å². The number of ketones is 1. The first-order valence-corrected chi connectivity index (χ1v) is 26.1. The van der Waals surface area contributed by atoms with Crippen molar-refractivity contribution in [2.75, 3.05) is 33.0 Å². The minimum Gasteiger partial charge on any atom is -0.394 e. The average molecular weight is 1040 g/mol. The lowest BCUT2D eigenvalue weighted by Gasteiger charge is -2.60. The number of carbonyl (C=O) groups excluding carboxylic acids is 1. The smallest absolute Gasteiger partial charge is 0.186 e. The number of aliphatic hydroxyl groups excluding tert-OH is 12. The molecule has 0 aromatic carbocycles. The number of fused-ring (bicyclic) bond motifs is 7. The first kappa shape index (κ1) is 55.5. The molecule has 0 amide bonds. The summed E-state index contributed by atoms with van der Waals surface area (Å²) in [7, 11) is 0. The van der Waals surface area contributed by atoms with Gasteiger partial charge in [-0.1, -0.05) is 27.7 Å². The zero-order valence-corrected chi connectivity index (χ0v) is 41.4. The molecule has 30 atom stereocenters. The lowest BCUT2D eigenvalue weighted by atomic mass is 9.44. The standard InChI is InChI=1S/C49H80O23/c1-19(15-64-44-40(61)36(57)35(56)30(14-50)69-44)5-10-49(63)20(2)32-29(72-49)13-24-22-12-26(51)25-11-21(6-8-47(25,3)23(22)7-9-48(24,32)4)68-46-41(62)37(58)42(71-45-39(60)34(55)28(53)17-66-45)31(70-46)18-67-43-38(59)33(54)27(52)16-65-43/h19-25,27-46,50,52-63H,5-18H2,1-4H3. The second kappa shape index (κ2) is 21.6. The van der Waals surface area contributed by atoms with Crippen molar-refractivity contribution < 1.29 is 114 Å². The van der Waals surface area contributed by atoms with E-state index in [2.05, 4.69) is 20.8 Å². The van der Waals surface area contributed by atoms with Crippen LogP contribution in [0.5, 0.6) is 0 Å². The van der Waals surface area contributed by atoms with Crippen molar-refractivity contribution >= 4 is 5.78 Å². The summed E-state index contributed by atoms with van der Waals surface area (Å²) in [6.45, 7) is 6.81. The number of rotatable bonds is 14. The quantitative estimate of drug-likeness (QED) is 0.0751. The Hall–Kier alpha value is -1.21. The normalized spacial score (nSPS) is 55.2. The van der Waals surface area contributed by atoms with E-state index in [0.29, 0.717) is 38.5 Å². The monoisotopic (exact) mass is 1040 g/mol. The van der Waals surface area contributed by atoms with Gasteiger partial charge in [-0.15, -0.1) is 0 Å². The Labute approximate surface area is 418 Å². The van der Waals surface area contributed by atoms with Crippen molar-refractivity contribution in [2.45, 2.75) is 214 Å². The number of Topliss-reactive ketones (excluding diaryl/α,β-unsaturated/α-hetero) is 1. The maximum absolute atomic E-state index is 14.5. The summed E-state index contributed by atoms with van der Waals surface area (Å²) >= 11 is 0. The summed E-state index contributed by atoms with van der Waals surface area (Å²) in [5.41, 5.74) is -0.530. The third-order valence-electron chi connectivity index (χ3n) is 19.1. The summed E-state index contributed by atoms with van der Waals surface area (Å²) in [5.74, 6) is -1.28. The van der Waals surface area contributed by atoms with E-state index in [4.69, 9.17) is 42.6 Å². The second-order valence-electron chi connectivity index (χ2n) is 23.4. The topological polar surface area (TPSA) is 363 Å². The first-order chi connectivity index (χ1) is 34.0. The zero-order valence-electron chi connectivity index (χ0n) is 41.4. The van der Waals surface area contributed by atoms with Crippen LogP contribution in [-0.4, -0.2) is 234 Å². The molecule has 0 radical (unpaired) electrons. The second-order valence-corrected chi connectivity index (χ2v) is 23.4. The Bertz CT molecular complexity index is 1850. The minimum absolute atomic E-state index is 0.0647. The van der Waals surface area contributed by atoms with Gasteiger partial charge in [-0.05, 0) is 85.4 Å². The summed E-state index contributed by atoms with van der Waals surface area (Å²) in [6, 6.07) is 0. The van der Waals surface area contributed by atoms with Gasteiger partial charge in [-0.25, -0.2) is 0 Å². The van der Waals surface area contributed by atoms with Crippen molar-refractivity contribution in [1.29, 1.82) is 0 Å². The zero-order chi connectivity index (χ0) is 51.9. The molecule has 5 saturated heterocycles. The maximum atomic E-state index is 14.5. The van der Waals surface area contributed by atoms with Gasteiger partial charge in [0.05, 0.1) is 45.2 Å². The Balaban J connectivity index is 0.813. The van der Waals surface area contributed by atoms with E-state index >= 15 is 0 Å². The third kappa shape index (κ3) is 10.0. The lowest BCUT2D eigenvalue weighted by molar-refractivity contribution is -0.361. The fourth-order valence-electron chi connectivity index (χ4n) is 14.8. The van der Waals surface area contributed by atoms with Crippen LogP contribution in [0.2, 0.25) is 0 Å². The van der Waals surface area contributed by atoms with Crippen molar-refractivity contribution in [1.82, 2.24) is 0 Å². The fraction of sp³-hybridized carbons (Fsp3) is 0.980. The van der Waals surface area contributed by atoms with Crippen LogP contribution in [0.3, 0.4) is 0 Å². The van der Waals surface area contributed by atoms with Crippen molar-refractivity contribution in [2.24, 2.45) is 52.3 Å². The predicted octanol–water partition coefficient (Wildman–Crippen LogP) is -3.50. The summed E-state index contributed by atoms with van der Waals surface area (Å²) in [6.07, 6.45) is -22.5. The third-order valence-corrected chi connectivity index (χ3v) is 19.1. The van der Waals surface area contributed by atoms with Crippen LogP contribution in [0, 0.1) is 52.3 Å². The Kier molecular flexibility index (Phi) is 16.6. The van der Waals surface area contributed by atoms with E-state index in [1.165, 1.54) is 0 Å². The molecule has 414 valence electrons. The number of carbonyl (C=O) groups is 1. The highest BCUT2D eigenvalue weighted by Gasteiger charge is 2.69. The molecule has 23 nitrogen and oxygen atoms in total. The van der Waals surface area contributed by atoms with Gasteiger partial charge in [0, 0.05) is 24.7 Å². The molecule has 0 spiro atoms. The van der Waals surface area contributed by atoms with Crippen molar-refractivity contribution in [3.8, 4) is 0 Å². The number of hydrogen-bond acceptors (Lipinski definition) is 23. The van der Waals surface area contributed by atoms with E-state index in [1.807, 2.05) is 6.92 Å². The van der Waals surface area contributed by atoms with Crippen LogP contribution in [0.15, 0.2) is 0 Å². The van der Waals surface area contributed by atoms with Gasteiger partial charge in [-0.2, -0.15) is 0 Å². The van der Waals surface area contributed by atoms with Crippen LogP contribution in [0.25, 0.3) is 0 Å². The van der Waals surface area contributed by atoms with Crippen molar-refractivity contribution in [3.05, 3.63) is 0 Å². The fourth-order valence-corrected chi connectivity index (χ4v) is 14.8. The largest absolute Gasteiger partial charge is 0.394 e. The van der Waals surface area contributed by atoms with Gasteiger partial charge in [0.25, 0.3) is 0 Å². The van der Waals surface area contributed by atoms with E-state index in [-0.39, 0.29) is 77.4 Å². The minimum atomic E-state index is -1.76.